The highest BCUT2D eigenvalue weighted by molar-refractivity contribution is 5.76. The van der Waals surface area contributed by atoms with Crippen molar-refractivity contribution in [2.24, 2.45) is 5.73 Å². The zero-order valence-electron chi connectivity index (χ0n) is 17.3. The molecule has 0 heterocycles. The van der Waals surface area contributed by atoms with Crippen LogP contribution in [0.25, 0.3) is 11.1 Å². The maximum atomic E-state index is 15.4. The summed E-state index contributed by atoms with van der Waals surface area (Å²) in [5, 5.41) is 0. The van der Waals surface area contributed by atoms with Crippen LogP contribution in [-0.4, -0.2) is 26.7 Å². The molecule has 0 aliphatic rings. The summed E-state index contributed by atoms with van der Waals surface area (Å²) in [4.78, 5) is 13.7. The summed E-state index contributed by atoms with van der Waals surface area (Å²) < 4.78 is 35.0. The molecule has 0 saturated carbocycles. The lowest BCUT2D eigenvalue weighted by Gasteiger charge is -2.21. The summed E-state index contributed by atoms with van der Waals surface area (Å²) >= 11 is 0. The first-order valence-corrected chi connectivity index (χ1v) is 9.27. The second-order valence-corrected chi connectivity index (χ2v) is 7.25. The molecule has 2 N–H and O–H groups in total. The SMILES string of the molecule is CCOC(=O)C[C@H](N)c1c(F)c(C)cc(-c2c(C)cc(N(C)C)cc2C)c1F. The van der Waals surface area contributed by atoms with Crippen molar-refractivity contribution in [3.8, 4) is 11.1 Å². The third-order valence-corrected chi connectivity index (χ3v) is 4.78. The van der Waals surface area contributed by atoms with Crippen LogP contribution in [0.3, 0.4) is 0 Å². The van der Waals surface area contributed by atoms with Gasteiger partial charge in [-0.3, -0.25) is 4.79 Å². The summed E-state index contributed by atoms with van der Waals surface area (Å²) in [6.07, 6.45) is -0.290. The molecule has 152 valence electrons. The average Bonchev–Trinajstić information content (AvgIpc) is 2.58. The minimum Gasteiger partial charge on any atom is -0.466 e. The van der Waals surface area contributed by atoms with Crippen LogP contribution in [0.1, 0.15) is 41.6 Å². The number of rotatable bonds is 6. The molecule has 0 unspecified atom stereocenters. The number of carbonyl (C=O) groups excluding carboxylic acids is 1. The Labute approximate surface area is 165 Å². The Bertz CT molecular complexity index is 872. The molecule has 0 radical (unpaired) electrons. The molecule has 2 rings (SSSR count). The van der Waals surface area contributed by atoms with E-state index in [1.165, 1.54) is 6.07 Å². The first-order chi connectivity index (χ1) is 13.1. The monoisotopic (exact) mass is 390 g/mol. The number of hydrogen-bond donors (Lipinski definition) is 1. The zero-order chi connectivity index (χ0) is 21.2. The van der Waals surface area contributed by atoms with E-state index in [0.29, 0.717) is 5.56 Å². The van der Waals surface area contributed by atoms with E-state index in [1.54, 1.807) is 13.8 Å². The number of aryl methyl sites for hydroxylation is 3. The summed E-state index contributed by atoms with van der Waals surface area (Å²) in [6.45, 7) is 7.21. The maximum absolute atomic E-state index is 15.4. The van der Waals surface area contributed by atoms with Crippen LogP contribution in [0.15, 0.2) is 18.2 Å². The molecule has 0 spiro atoms. The van der Waals surface area contributed by atoms with E-state index in [2.05, 4.69) is 0 Å². The number of anilines is 1. The summed E-state index contributed by atoms with van der Waals surface area (Å²) in [5.41, 5.74) is 9.73. The van der Waals surface area contributed by atoms with Crippen molar-refractivity contribution >= 4 is 11.7 Å². The van der Waals surface area contributed by atoms with E-state index in [1.807, 2.05) is 45.0 Å². The molecule has 0 amide bonds. The Morgan fingerprint density at radius 1 is 1.07 bits per heavy atom. The van der Waals surface area contributed by atoms with Crippen LogP contribution in [0.4, 0.5) is 14.5 Å². The van der Waals surface area contributed by atoms with Gasteiger partial charge in [0.2, 0.25) is 0 Å². The van der Waals surface area contributed by atoms with Gasteiger partial charge in [-0.05, 0) is 68.1 Å². The fourth-order valence-corrected chi connectivity index (χ4v) is 3.43. The molecule has 6 heteroatoms. The van der Waals surface area contributed by atoms with Gasteiger partial charge in [0.15, 0.2) is 0 Å². The van der Waals surface area contributed by atoms with Crippen LogP contribution >= 0.6 is 0 Å². The third kappa shape index (κ3) is 4.33. The van der Waals surface area contributed by atoms with Gasteiger partial charge in [0.1, 0.15) is 11.6 Å². The van der Waals surface area contributed by atoms with Crippen molar-refractivity contribution in [1.29, 1.82) is 0 Å². The van der Waals surface area contributed by atoms with Crippen molar-refractivity contribution in [2.45, 2.75) is 40.2 Å². The van der Waals surface area contributed by atoms with Crippen molar-refractivity contribution in [3.05, 3.63) is 52.1 Å². The second-order valence-electron chi connectivity index (χ2n) is 7.25. The smallest absolute Gasteiger partial charge is 0.307 e. The highest BCUT2D eigenvalue weighted by atomic mass is 19.1. The van der Waals surface area contributed by atoms with Crippen molar-refractivity contribution < 1.29 is 18.3 Å². The molecule has 4 nitrogen and oxygen atoms in total. The summed E-state index contributed by atoms with van der Waals surface area (Å²) in [6, 6.07) is 4.28. The molecule has 0 aromatic heterocycles. The lowest BCUT2D eigenvalue weighted by atomic mass is 9.89. The number of esters is 1. The van der Waals surface area contributed by atoms with Crippen molar-refractivity contribution in [1.82, 2.24) is 0 Å². The van der Waals surface area contributed by atoms with Gasteiger partial charge in [0.25, 0.3) is 0 Å². The fourth-order valence-electron chi connectivity index (χ4n) is 3.43. The van der Waals surface area contributed by atoms with Crippen LogP contribution in [0.2, 0.25) is 0 Å². The number of hydrogen-bond acceptors (Lipinski definition) is 4. The summed E-state index contributed by atoms with van der Waals surface area (Å²) in [7, 11) is 3.87. The Kier molecular flexibility index (Phi) is 6.77. The van der Waals surface area contributed by atoms with E-state index >= 15 is 4.39 Å². The lowest BCUT2D eigenvalue weighted by Crippen LogP contribution is -2.21. The van der Waals surface area contributed by atoms with Gasteiger partial charge in [-0.1, -0.05) is 0 Å². The predicted molar refractivity (Wildman–Crippen MR) is 109 cm³/mol. The third-order valence-electron chi connectivity index (χ3n) is 4.78. The Balaban J connectivity index is 2.62. The zero-order valence-corrected chi connectivity index (χ0v) is 17.3. The number of nitrogens with zero attached hydrogens (tertiary/aromatic N) is 1. The molecule has 0 fully saturated rings. The van der Waals surface area contributed by atoms with E-state index in [9.17, 15) is 9.18 Å². The standard InChI is InChI=1S/C22H28F2N2O2/c1-7-28-18(27)11-17(25)20-21(23)14(4)10-16(22(20)24)19-12(2)8-15(26(5)6)9-13(19)3/h8-10,17H,7,11,25H2,1-6H3/t17-/m0/s1. The van der Waals surface area contributed by atoms with Crippen LogP contribution in [-0.2, 0) is 9.53 Å². The number of benzene rings is 2. The van der Waals surface area contributed by atoms with Crippen LogP contribution < -0.4 is 10.6 Å². The second kappa shape index (κ2) is 8.69. The van der Waals surface area contributed by atoms with E-state index in [4.69, 9.17) is 10.5 Å². The molecule has 0 aliphatic heterocycles. The highest BCUT2D eigenvalue weighted by Crippen LogP contribution is 2.37. The van der Waals surface area contributed by atoms with Gasteiger partial charge in [-0.15, -0.1) is 0 Å². The molecule has 1 atom stereocenters. The van der Waals surface area contributed by atoms with E-state index in [-0.39, 0.29) is 29.7 Å². The quantitative estimate of drug-likeness (QED) is 0.734. The van der Waals surface area contributed by atoms with Crippen LogP contribution in [0.5, 0.6) is 0 Å². The van der Waals surface area contributed by atoms with Gasteiger partial charge < -0.3 is 15.4 Å². The molecule has 0 aliphatic carbocycles. The lowest BCUT2D eigenvalue weighted by molar-refractivity contribution is -0.143. The maximum Gasteiger partial charge on any atom is 0.307 e. The van der Waals surface area contributed by atoms with E-state index in [0.717, 1.165) is 16.8 Å². The Morgan fingerprint density at radius 2 is 1.64 bits per heavy atom. The number of ether oxygens (including phenoxy) is 1. The number of nitrogens with two attached hydrogens (primary N) is 1. The van der Waals surface area contributed by atoms with Gasteiger partial charge >= 0.3 is 5.97 Å². The molecular formula is C22H28F2N2O2. The van der Waals surface area contributed by atoms with Gasteiger partial charge in [-0.25, -0.2) is 8.78 Å². The number of halogens is 2. The first-order valence-electron chi connectivity index (χ1n) is 9.27. The molecule has 2 aromatic carbocycles. The molecule has 0 saturated heterocycles. The highest BCUT2D eigenvalue weighted by Gasteiger charge is 2.26. The largest absolute Gasteiger partial charge is 0.466 e. The van der Waals surface area contributed by atoms with E-state index < -0.39 is 23.6 Å². The van der Waals surface area contributed by atoms with Crippen molar-refractivity contribution in [3.63, 3.8) is 0 Å². The van der Waals surface area contributed by atoms with Gasteiger partial charge in [-0.2, -0.15) is 0 Å². The Hall–Kier alpha value is -2.47. The normalized spacial score (nSPS) is 12.0. The first kappa shape index (κ1) is 21.8. The van der Waals surface area contributed by atoms with Crippen LogP contribution in [0, 0.1) is 32.4 Å². The molecular weight excluding hydrogens is 362 g/mol. The summed E-state index contributed by atoms with van der Waals surface area (Å²) in [5.74, 6) is -2.04. The van der Waals surface area contributed by atoms with Gasteiger partial charge in [0, 0.05) is 37.0 Å². The minimum absolute atomic E-state index is 0.187. The average molecular weight is 390 g/mol. The fraction of sp³-hybridized carbons (Fsp3) is 0.409. The topological polar surface area (TPSA) is 55.6 Å². The number of carbonyl (C=O) groups is 1. The van der Waals surface area contributed by atoms with Crippen molar-refractivity contribution in [2.75, 3.05) is 25.6 Å². The predicted octanol–water partition coefficient (Wildman–Crippen LogP) is 4.58. The van der Waals surface area contributed by atoms with Gasteiger partial charge in [0.05, 0.1) is 13.0 Å². The molecule has 28 heavy (non-hydrogen) atoms. The molecule has 2 aromatic rings. The Morgan fingerprint density at radius 3 is 2.14 bits per heavy atom. The minimum atomic E-state index is -1.13. The molecule has 0 bridgehead atoms.